The summed E-state index contributed by atoms with van der Waals surface area (Å²) in [5, 5.41) is 39.0. The van der Waals surface area contributed by atoms with Gasteiger partial charge in [0.1, 0.15) is 0 Å². The van der Waals surface area contributed by atoms with E-state index in [1.165, 1.54) is 24.3 Å². The lowest BCUT2D eigenvalue weighted by atomic mass is 9.85. The van der Waals surface area contributed by atoms with E-state index in [9.17, 15) is 39.6 Å². The van der Waals surface area contributed by atoms with E-state index in [1.807, 2.05) is 30.3 Å². The van der Waals surface area contributed by atoms with Crippen LogP contribution in [0.5, 0.6) is 0 Å². The summed E-state index contributed by atoms with van der Waals surface area (Å²) in [7, 11) is 0. The molecular weight excluding hydrogens is 504 g/mol. The number of aromatic carboxylic acids is 4. The maximum absolute atomic E-state index is 12.0. The molecule has 4 aromatic rings. The van der Waals surface area contributed by atoms with E-state index < -0.39 is 57.5 Å². The number of carboxylic acids is 4. The zero-order chi connectivity index (χ0) is 28.2. The molecule has 10 nitrogen and oxygen atoms in total. The van der Waals surface area contributed by atoms with Gasteiger partial charge in [0.2, 0.25) is 0 Å². The molecule has 0 bridgehead atoms. The lowest BCUT2D eigenvalue weighted by molar-refractivity contribution is 0.0678. The van der Waals surface area contributed by atoms with Crippen LogP contribution in [0.25, 0.3) is 33.4 Å². The summed E-state index contributed by atoms with van der Waals surface area (Å²) in [5.74, 6) is -5.72. The lowest BCUT2D eigenvalue weighted by Crippen LogP contribution is -2.11. The first-order valence-corrected chi connectivity index (χ1v) is 11.5. The minimum Gasteiger partial charge on any atom is -0.478 e. The molecule has 8 N–H and O–H groups in total. The molecule has 4 aromatic carbocycles. The highest BCUT2D eigenvalue weighted by Gasteiger charge is 2.28. The number of benzene rings is 4. The fourth-order valence-electron chi connectivity index (χ4n) is 5.10. The van der Waals surface area contributed by atoms with Gasteiger partial charge in [-0.2, -0.15) is 0 Å². The van der Waals surface area contributed by atoms with Crippen molar-refractivity contribution in [2.45, 2.75) is 6.42 Å². The zero-order valence-electron chi connectivity index (χ0n) is 20.1. The Labute approximate surface area is 220 Å². The van der Waals surface area contributed by atoms with Crippen LogP contribution >= 0.6 is 0 Å². The quantitative estimate of drug-likeness (QED) is 0.171. The average molecular weight is 524 g/mol. The molecule has 0 saturated carbocycles. The summed E-state index contributed by atoms with van der Waals surface area (Å²) < 4.78 is 0. The predicted molar refractivity (Wildman–Crippen MR) is 142 cm³/mol. The average Bonchev–Trinajstić information content (AvgIpc) is 3.26. The number of anilines is 2. The highest BCUT2D eigenvalue weighted by molar-refractivity contribution is 6.08. The minimum absolute atomic E-state index is 0.193. The van der Waals surface area contributed by atoms with E-state index in [1.54, 1.807) is 6.07 Å². The van der Waals surface area contributed by atoms with E-state index in [0.29, 0.717) is 17.5 Å². The SMILES string of the molecule is Nc1c(C(=O)O)cc(-c2ccc3c(c2-c2cc(C(=O)O)c(N)c(C(=O)O)c2)Cc2ccccc2-3)cc1C(=O)O. The first kappa shape index (κ1) is 25.0. The molecule has 0 aromatic heterocycles. The van der Waals surface area contributed by atoms with Gasteiger partial charge in [-0.25, -0.2) is 19.2 Å². The van der Waals surface area contributed by atoms with Gasteiger partial charge in [-0.05, 0) is 75.2 Å². The Balaban J connectivity index is 1.91. The van der Waals surface area contributed by atoms with Gasteiger partial charge in [0.05, 0.1) is 33.6 Å². The summed E-state index contributed by atoms with van der Waals surface area (Å²) >= 11 is 0. The molecule has 39 heavy (non-hydrogen) atoms. The van der Waals surface area contributed by atoms with Crippen molar-refractivity contribution in [1.82, 2.24) is 0 Å². The first-order valence-electron chi connectivity index (χ1n) is 11.5. The van der Waals surface area contributed by atoms with Gasteiger partial charge in [0.15, 0.2) is 0 Å². The van der Waals surface area contributed by atoms with Crippen LogP contribution in [-0.4, -0.2) is 44.3 Å². The van der Waals surface area contributed by atoms with Gasteiger partial charge in [-0.15, -0.1) is 0 Å². The Morgan fingerprint density at radius 2 is 1.00 bits per heavy atom. The maximum atomic E-state index is 12.0. The van der Waals surface area contributed by atoms with E-state index in [4.69, 9.17) is 11.5 Å². The van der Waals surface area contributed by atoms with E-state index in [0.717, 1.165) is 22.3 Å². The van der Waals surface area contributed by atoms with Gasteiger partial charge in [-0.3, -0.25) is 0 Å². The van der Waals surface area contributed by atoms with Gasteiger partial charge in [0, 0.05) is 0 Å². The second-order valence-corrected chi connectivity index (χ2v) is 9.04. The number of fused-ring (bicyclic) bond motifs is 3. The molecule has 0 saturated heterocycles. The van der Waals surface area contributed by atoms with Crippen LogP contribution in [-0.2, 0) is 6.42 Å². The maximum Gasteiger partial charge on any atom is 0.337 e. The zero-order valence-corrected chi connectivity index (χ0v) is 20.1. The summed E-state index contributed by atoms with van der Waals surface area (Å²) in [6.07, 6.45) is 0.413. The van der Waals surface area contributed by atoms with E-state index in [2.05, 4.69) is 0 Å². The fraction of sp³-hybridized carbons (Fsp3) is 0.0345. The number of nitrogens with two attached hydrogens (primary N) is 2. The molecule has 0 aliphatic heterocycles. The van der Waals surface area contributed by atoms with Crippen LogP contribution in [0.1, 0.15) is 52.6 Å². The molecule has 0 unspecified atom stereocenters. The largest absolute Gasteiger partial charge is 0.478 e. The van der Waals surface area contributed by atoms with Gasteiger partial charge < -0.3 is 31.9 Å². The van der Waals surface area contributed by atoms with E-state index >= 15 is 0 Å². The molecule has 10 heteroatoms. The summed E-state index contributed by atoms with van der Waals surface area (Å²) in [5.41, 5.74) is 13.9. The second-order valence-electron chi connectivity index (χ2n) is 9.04. The fourth-order valence-corrected chi connectivity index (χ4v) is 5.10. The third kappa shape index (κ3) is 4.00. The van der Waals surface area contributed by atoms with Crippen LogP contribution in [0.15, 0.2) is 60.7 Å². The number of carbonyl (C=O) groups is 4. The molecule has 0 atom stereocenters. The summed E-state index contributed by atoms with van der Waals surface area (Å²) in [6, 6.07) is 16.1. The van der Waals surface area contributed by atoms with Crippen LogP contribution < -0.4 is 11.5 Å². The normalized spacial score (nSPS) is 11.5. The Hall–Kier alpha value is -5.64. The van der Waals surface area contributed by atoms with Crippen molar-refractivity contribution < 1.29 is 39.6 Å². The van der Waals surface area contributed by atoms with Crippen molar-refractivity contribution in [2.75, 3.05) is 11.5 Å². The molecule has 1 aliphatic carbocycles. The van der Waals surface area contributed by atoms with Crippen molar-refractivity contribution in [3.8, 4) is 33.4 Å². The third-order valence-electron chi connectivity index (χ3n) is 6.87. The lowest BCUT2D eigenvalue weighted by Gasteiger charge is -2.19. The number of hydrogen-bond donors (Lipinski definition) is 6. The highest BCUT2D eigenvalue weighted by Crippen LogP contribution is 2.47. The molecular formula is C29H20N2O8. The smallest absolute Gasteiger partial charge is 0.337 e. The predicted octanol–water partition coefficient (Wildman–Crippen LogP) is 4.55. The molecule has 0 radical (unpaired) electrons. The summed E-state index contributed by atoms with van der Waals surface area (Å²) in [6.45, 7) is 0. The van der Waals surface area contributed by atoms with Crippen molar-refractivity contribution in [3.05, 3.63) is 94.0 Å². The van der Waals surface area contributed by atoms with Crippen molar-refractivity contribution in [3.63, 3.8) is 0 Å². The number of rotatable bonds is 6. The monoisotopic (exact) mass is 524 g/mol. The minimum atomic E-state index is -1.43. The Kier molecular flexibility index (Phi) is 5.80. The Bertz CT molecular complexity index is 1700. The number of carboxylic acid groups (broad SMARTS) is 4. The molecule has 0 amide bonds. The second kappa shape index (κ2) is 9.03. The Morgan fingerprint density at radius 3 is 1.49 bits per heavy atom. The van der Waals surface area contributed by atoms with Crippen molar-refractivity contribution in [1.29, 1.82) is 0 Å². The third-order valence-corrected chi connectivity index (χ3v) is 6.87. The summed E-state index contributed by atoms with van der Waals surface area (Å²) in [4.78, 5) is 47.9. The van der Waals surface area contributed by atoms with Crippen LogP contribution in [0.2, 0.25) is 0 Å². The van der Waals surface area contributed by atoms with Gasteiger partial charge >= 0.3 is 23.9 Å². The molecule has 194 valence electrons. The van der Waals surface area contributed by atoms with Crippen LogP contribution in [0.4, 0.5) is 11.4 Å². The first-order chi connectivity index (χ1) is 18.5. The number of hydrogen-bond acceptors (Lipinski definition) is 6. The van der Waals surface area contributed by atoms with Crippen molar-refractivity contribution in [2.24, 2.45) is 0 Å². The standard InChI is InChI=1S/C29H20N2O8/c30-24-19(26(32)33)8-13(9-20(24)27(34)35)16-5-6-17-15-4-2-1-3-12(15)7-18(17)23(16)14-10-21(28(36)37)25(31)22(11-14)29(38)39/h1-6,8-11H,7,30-31H2,(H,32,33)(H,34,35)(H,36,37)(H,38,39). The van der Waals surface area contributed by atoms with Crippen molar-refractivity contribution >= 4 is 35.3 Å². The van der Waals surface area contributed by atoms with Crippen LogP contribution in [0.3, 0.4) is 0 Å². The highest BCUT2D eigenvalue weighted by atomic mass is 16.4. The topological polar surface area (TPSA) is 201 Å². The molecule has 0 fully saturated rings. The van der Waals surface area contributed by atoms with Gasteiger partial charge in [-0.1, -0.05) is 36.4 Å². The molecule has 1 aliphatic rings. The molecule has 5 rings (SSSR count). The van der Waals surface area contributed by atoms with Gasteiger partial charge in [0.25, 0.3) is 0 Å². The number of nitrogen functional groups attached to an aromatic ring is 2. The van der Waals surface area contributed by atoms with E-state index in [-0.39, 0.29) is 11.1 Å². The molecule has 0 heterocycles. The molecule has 0 spiro atoms. The van der Waals surface area contributed by atoms with Crippen LogP contribution in [0, 0.1) is 0 Å². The Morgan fingerprint density at radius 1 is 0.564 bits per heavy atom.